The van der Waals surface area contributed by atoms with Crippen LogP contribution in [-0.2, 0) is 11.2 Å². The van der Waals surface area contributed by atoms with Gasteiger partial charge in [-0.2, -0.15) is 0 Å². The highest BCUT2D eigenvalue weighted by molar-refractivity contribution is 5.91. The number of amides is 1. The number of hydrogen-bond acceptors (Lipinski definition) is 3. The van der Waals surface area contributed by atoms with Crippen molar-refractivity contribution in [3.05, 3.63) is 54.0 Å². The molecule has 0 spiro atoms. The van der Waals surface area contributed by atoms with Gasteiger partial charge in [-0.1, -0.05) is 26.0 Å². The Bertz CT molecular complexity index is 609. The first-order chi connectivity index (χ1) is 10.5. The van der Waals surface area contributed by atoms with E-state index >= 15 is 0 Å². The van der Waals surface area contributed by atoms with E-state index in [-0.39, 0.29) is 17.6 Å². The zero-order valence-electron chi connectivity index (χ0n) is 12.8. The Morgan fingerprint density at radius 1 is 1.18 bits per heavy atom. The zero-order valence-corrected chi connectivity index (χ0v) is 12.8. The van der Waals surface area contributed by atoms with E-state index < -0.39 is 0 Å². The minimum atomic E-state index is -0.225. The number of carbonyl (C=O) groups is 1. The molecule has 1 amide bonds. The van der Waals surface area contributed by atoms with E-state index in [1.54, 1.807) is 18.3 Å². The van der Waals surface area contributed by atoms with Crippen LogP contribution in [0, 0.1) is 11.7 Å². The molecular formula is C17H20FN3O. The van der Waals surface area contributed by atoms with Crippen LogP contribution >= 0.6 is 0 Å². The molecule has 2 N–H and O–H groups in total. The van der Waals surface area contributed by atoms with Crippen molar-refractivity contribution in [3.8, 4) is 0 Å². The van der Waals surface area contributed by atoms with Gasteiger partial charge in [0.05, 0.1) is 11.9 Å². The second kappa shape index (κ2) is 7.54. The van der Waals surface area contributed by atoms with E-state index in [1.807, 2.05) is 26.0 Å². The van der Waals surface area contributed by atoms with E-state index in [2.05, 4.69) is 15.6 Å². The number of benzene rings is 1. The highest BCUT2D eigenvalue weighted by Crippen LogP contribution is 2.11. The maximum atomic E-state index is 12.8. The van der Waals surface area contributed by atoms with Crippen molar-refractivity contribution < 1.29 is 9.18 Å². The Balaban J connectivity index is 1.81. The number of anilines is 2. The molecule has 0 fully saturated rings. The average Bonchev–Trinajstić information content (AvgIpc) is 2.51. The fourth-order valence-electron chi connectivity index (χ4n) is 1.84. The Morgan fingerprint density at radius 3 is 2.50 bits per heavy atom. The molecular weight excluding hydrogens is 281 g/mol. The van der Waals surface area contributed by atoms with Gasteiger partial charge in [0.25, 0.3) is 0 Å². The van der Waals surface area contributed by atoms with Gasteiger partial charge < -0.3 is 10.6 Å². The van der Waals surface area contributed by atoms with Crippen molar-refractivity contribution in [3.63, 3.8) is 0 Å². The lowest BCUT2D eigenvalue weighted by Crippen LogP contribution is -2.17. The normalized spacial score (nSPS) is 10.5. The number of rotatable bonds is 6. The Morgan fingerprint density at radius 2 is 1.91 bits per heavy atom. The molecule has 1 heterocycles. The molecule has 0 aliphatic heterocycles. The molecule has 0 bridgehead atoms. The topological polar surface area (TPSA) is 54.0 Å². The Kier molecular flexibility index (Phi) is 5.47. The van der Waals surface area contributed by atoms with Gasteiger partial charge in [0, 0.05) is 12.5 Å². The first-order valence-electron chi connectivity index (χ1n) is 7.30. The number of hydrogen-bond donors (Lipinski definition) is 2. The summed E-state index contributed by atoms with van der Waals surface area (Å²) in [6.07, 6.45) is 2.41. The minimum Gasteiger partial charge on any atom is -0.370 e. The maximum absolute atomic E-state index is 12.8. The number of aromatic nitrogens is 1. The van der Waals surface area contributed by atoms with Gasteiger partial charge in [-0.3, -0.25) is 4.79 Å². The van der Waals surface area contributed by atoms with Crippen LogP contribution in [0.3, 0.4) is 0 Å². The molecule has 0 unspecified atom stereocenters. The lowest BCUT2D eigenvalue weighted by molar-refractivity contribution is -0.118. The van der Waals surface area contributed by atoms with Crippen LogP contribution < -0.4 is 10.6 Å². The molecule has 2 aromatic rings. The summed E-state index contributed by atoms with van der Waals surface area (Å²) in [7, 11) is 0. The second-order valence-corrected chi connectivity index (χ2v) is 5.38. The van der Waals surface area contributed by atoms with Crippen molar-refractivity contribution in [2.45, 2.75) is 20.3 Å². The first-order valence-corrected chi connectivity index (χ1v) is 7.30. The maximum Gasteiger partial charge on any atom is 0.226 e. The molecule has 0 saturated heterocycles. The lowest BCUT2D eigenvalue weighted by atomic mass is 10.1. The monoisotopic (exact) mass is 301 g/mol. The van der Waals surface area contributed by atoms with Gasteiger partial charge in [0.15, 0.2) is 0 Å². The molecule has 2 rings (SSSR count). The van der Waals surface area contributed by atoms with Crippen LogP contribution in [0.1, 0.15) is 19.4 Å². The first kappa shape index (κ1) is 15.9. The third kappa shape index (κ3) is 4.84. The van der Waals surface area contributed by atoms with Crippen molar-refractivity contribution in [1.82, 2.24) is 4.98 Å². The fourth-order valence-corrected chi connectivity index (χ4v) is 1.84. The van der Waals surface area contributed by atoms with E-state index in [9.17, 15) is 9.18 Å². The van der Waals surface area contributed by atoms with Gasteiger partial charge in [-0.05, 0) is 36.2 Å². The number of carbonyl (C=O) groups excluding carboxylic acids is 1. The standard InChI is InChI=1S/C17H20FN3O/c1-12(2)17(22)21-15-7-8-16(20-11-15)19-10-9-13-3-5-14(18)6-4-13/h3-8,11-12H,9-10H2,1-2H3,(H,19,20)(H,21,22). The number of nitrogens with one attached hydrogen (secondary N) is 2. The molecule has 0 atom stereocenters. The number of nitrogens with zero attached hydrogens (tertiary/aromatic N) is 1. The summed E-state index contributed by atoms with van der Waals surface area (Å²) in [6.45, 7) is 4.39. The second-order valence-electron chi connectivity index (χ2n) is 5.38. The SMILES string of the molecule is CC(C)C(=O)Nc1ccc(NCCc2ccc(F)cc2)nc1. The van der Waals surface area contributed by atoms with Crippen molar-refractivity contribution in [1.29, 1.82) is 0 Å². The van der Waals surface area contributed by atoms with Gasteiger partial charge in [0.1, 0.15) is 11.6 Å². The van der Waals surface area contributed by atoms with Crippen LogP contribution in [-0.4, -0.2) is 17.4 Å². The van der Waals surface area contributed by atoms with Crippen LogP contribution in [0.25, 0.3) is 0 Å². The average molecular weight is 301 g/mol. The number of halogens is 1. The molecule has 5 heteroatoms. The number of pyridine rings is 1. The molecule has 0 aliphatic carbocycles. The van der Waals surface area contributed by atoms with Crippen molar-refractivity contribution in [2.75, 3.05) is 17.2 Å². The molecule has 1 aromatic carbocycles. The summed E-state index contributed by atoms with van der Waals surface area (Å²) in [4.78, 5) is 15.8. The van der Waals surface area contributed by atoms with E-state index in [4.69, 9.17) is 0 Å². The fraction of sp³-hybridized carbons (Fsp3) is 0.294. The largest absolute Gasteiger partial charge is 0.370 e. The third-order valence-corrected chi connectivity index (χ3v) is 3.19. The quantitative estimate of drug-likeness (QED) is 0.859. The van der Waals surface area contributed by atoms with Gasteiger partial charge in [-0.15, -0.1) is 0 Å². The van der Waals surface area contributed by atoms with E-state index in [0.717, 1.165) is 17.8 Å². The Hall–Kier alpha value is -2.43. The van der Waals surface area contributed by atoms with Crippen LogP contribution in [0.2, 0.25) is 0 Å². The molecule has 0 radical (unpaired) electrons. The zero-order chi connectivity index (χ0) is 15.9. The summed E-state index contributed by atoms with van der Waals surface area (Å²) in [5, 5.41) is 5.98. The minimum absolute atomic E-state index is 0.0289. The smallest absolute Gasteiger partial charge is 0.226 e. The van der Waals surface area contributed by atoms with E-state index in [1.165, 1.54) is 12.1 Å². The lowest BCUT2D eigenvalue weighted by Gasteiger charge is -2.09. The van der Waals surface area contributed by atoms with Crippen molar-refractivity contribution in [2.24, 2.45) is 5.92 Å². The van der Waals surface area contributed by atoms with Crippen LogP contribution in [0.4, 0.5) is 15.9 Å². The third-order valence-electron chi connectivity index (χ3n) is 3.19. The highest BCUT2D eigenvalue weighted by atomic mass is 19.1. The van der Waals surface area contributed by atoms with Crippen LogP contribution in [0.5, 0.6) is 0 Å². The molecule has 22 heavy (non-hydrogen) atoms. The summed E-state index contributed by atoms with van der Waals surface area (Å²) in [5.41, 5.74) is 1.75. The highest BCUT2D eigenvalue weighted by Gasteiger charge is 2.06. The summed E-state index contributed by atoms with van der Waals surface area (Å²) in [5.74, 6) is 0.425. The van der Waals surface area contributed by atoms with Gasteiger partial charge in [-0.25, -0.2) is 9.37 Å². The predicted octanol–water partition coefficient (Wildman–Crippen LogP) is 3.47. The molecule has 0 aliphatic rings. The molecule has 0 saturated carbocycles. The van der Waals surface area contributed by atoms with Crippen LogP contribution in [0.15, 0.2) is 42.6 Å². The van der Waals surface area contributed by atoms with Crippen molar-refractivity contribution >= 4 is 17.4 Å². The summed E-state index contributed by atoms with van der Waals surface area (Å²) < 4.78 is 12.8. The van der Waals surface area contributed by atoms with Gasteiger partial charge in [0.2, 0.25) is 5.91 Å². The summed E-state index contributed by atoms with van der Waals surface area (Å²) >= 11 is 0. The Labute approximate surface area is 129 Å². The van der Waals surface area contributed by atoms with E-state index in [0.29, 0.717) is 12.2 Å². The van der Waals surface area contributed by atoms with Gasteiger partial charge >= 0.3 is 0 Å². The predicted molar refractivity (Wildman–Crippen MR) is 86.3 cm³/mol. The molecule has 116 valence electrons. The molecule has 1 aromatic heterocycles. The molecule has 4 nitrogen and oxygen atoms in total. The summed E-state index contributed by atoms with van der Waals surface area (Å²) in [6, 6.07) is 10.1.